The van der Waals surface area contributed by atoms with Gasteiger partial charge in [0, 0.05) is 49.3 Å². The van der Waals surface area contributed by atoms with Crippen LogP contribution in [0.1, 0.15) is 157 Å². The van der Waals surface area contributed by atoms with E-state index in [0.29, 0.717) is 6.42 Å². The summed E-state index contributed by atoms with van der Waals surface area (Å²) in [4.78, 5) is 169. The Hall–Kier alpha value is -6.13. The number of amides is 11. The Labute approximate surface area is 508 Å². The summed E-state index contributed by atoms with van der Waals surface area (Å²) in [6.45, 7) is 31.0. The second-order valence-corrected chi connectivity index (χ2v) is 26.0. The molecule has 13 atom stereocenters. The Bertz CT molecular complexity index is 2340. The summed E-state index contributed by atoms with van der Waals surface area (Å²) < 4.78 is 0. The molecule has 486 valence electrons. The quantitative estimate of drug-likeness (QED) is 0.157. The highest BCUT2D eigenvalue weighted by Crippen LogP contribution is 2.26. The van der Waals surface area contributed by atoms with Crippen LogP contribution in [0.4, 0.5) is 0 Å². The molecule has 0 saturated carbocycles. The molecule has 0 aromatic carbocycles. The van der Waals surface area contributed by atoms with E-state index in [4.69, 9.17) is 0 Å². The lowest BCUT2D eigenvalue weighted by atomic mass is 9.91. The number of carbonyl (C=O) groups excluding carboxylic acids is 11. The molecule has 0 bridgehead atoms. The molecule has 0 radical (unpaired) electrons. The van der Waals surface area contributed by atoms with Gasteiger partial charge in [-0.3, -0.25) is 52.7 Å². The number of nitrogens with zero attached hydrogens (tertiary/aromatic N) is 7. The molecule has 1 aliphatic rings. The molecule has 1 saturated heterocycles. The van der Waals surface area contributed by atoms with Crippen LogP contribution in [0, 0.1) is 41.4 Å². The van der Waals surface area contributed by atoms with Gasteiger partial charge in [-0.2, -0.15) is 0 Å². The van der Waals surface area contributed by atoms with Gasteiger partial charge in [0.15, 0.2) is 0 Å². The molecule has 0 unspecified atom stereocenters. The van der Waals surface area contributed by atoms with E-state index < -0.39 is 161 Å². The van der Waals surface area contributed by atoms with Crippen molar-refractivity contribution < 1.29 is 57.8 Å². The predicted molar refractivity (Wildman–Crippen MR) is 328 cm³/mol. The van der Waals surface area contributed by atoms with Crippen molar-refractivity contribution >= 4 is 65.0 Å². The molecule has 0 aliphatic carbocycles. The Morgan fingerprint density at radius 1 is 0.424 bits per heavy atom. The average Bonchev–Trinajstić information content (AvgIpc) is 3.40. The van der Waals surface area contributed by atoms with Crippen LogP contribution in [0.25, 0.3) is 0 Å². The number of hydrogen-bond acceptors (Lipinski definition) is 12. The van der Waals surface area contributed by atoms with E-state index in [1.54, 1.807) is 74.5 Å². The minimum Gasteiger partial charge on any atom is -0.390 e. The van der Waals surface area contributed by atoms with Crippen molar-refractivity contribution in [1.82, 2.24) is 55.6 Å². The minimum atomic E-state index is -1.62. The van der Waals surface area contributed by atoms with Crippen LogP contribution in [0.15, 0.2) is 12.2 Å². The summed E-state index contributed by atoms with van der Waals surface area (Å²) in [5.74, 6) is -10.2. The van der Waals surface area contributed by atoms with E-state index in [0.717, 1.165) is 9.80 Å². The van der Waals surface area contributed by atoms with Crippen LogP contribution in [-0.2, 0) is 52.7 Å². The first-order chi connectivity index (χ1) is 39.2. The fourth-order valence-corrected chi connectivity index (χ4v) is 10.9. The fourth-order valence-electron chi connectivity index (χ4n) is 10.9. The number of hydrogen-bond donors (Lipinski definition) is 5. The van der Waals surface area contributed by atoms with E-state index in [9.17, 15) is 48.3 Å². The molecule has 5 N–H and O–H groups in total. The second kappa shape index (κ2) is 34.3. The smallest absolute Gasteiger partial charge is 0.246 e. The standard InChI is InChI=1S/C62H111N11O12/c1-26-28-29-39(15)51(74)50-55(78)65-43(27-2)58(81)67(19)42(18)57(80)71(23)48(37(11)12)54(77)66-47(36(9)10)61(84)68(20)44(30-33(3)4)53(76)63-40(16)52(75)64-41(17)56(79)69(21)45(31-34(5)6)59(82)70(22)46(32-35(7)8)60(83)72(24)49(38(13)14)62(85)73(50)25/h26,28,33-51,74H,27,29-32H2,1-25H3,(H,63,76)(H,64,75)(H,65,78)(H,66,77)/b28-26+/t39-,40+,41-,42-,43+,44+,45+,46+,47+,48+,49+,50+,51-/m1/s1. The van der Waals surface area contributed by atoms with E-state index in [-0.39, 0.29) is 43.4 Å². The van der Waals surface area contributed by atoms with Crippen molar-refractivity contribution in [3.05, 3.63) is 12.2 Å². The SMILES string of the molecule is C/C=C/C[C@@H](C)[C@@H](O)[C@H]1C(=O)N[C@@H](CC)C(=O)N(C)[C@H](C)C(=O)N(C)[C@@H](C(C)C)C(=O)N[C@@H](C(C)C)C(=O)N(C)[C@@H](CC(C)C)C(=O)N[C@@H](C)C(=O)N[C@H](C)C(=O)N(C)[C@@H](CC(C)C)C(=O)N(C)[C@@H](CC(C)C)C(=O)N(C)[C@@H](C(C)C)C(=O)N1C. The van der Waals surface area contributed by atoms with E-state index in [1.165, 1.54) is 94.6 Å². The highest BCUT2D eigenvalue weighted by Gasteiger charge is 2.46. The molecule has 1 fully saturated rings. The number of aliphatic hydroxyl groups excluding tert-OH is 1. The van der Waals surface area contributed by atoms with Crippen molar-refractivity contribution in [2.75, 3.05) is 49.3 Å². The summed E-state index contributed by atoms with van der Waals surface area (Å²) in [6.07, 6.45) is 2.86. The lowest BCUT2D eigenvalue weighted by Crippen LogP contribution is -2.64. The molecule has 23 nitrogen and oxygen atoms in total. The van der Waals surface area contributed by atoms with Crippen LogP contribution < -0.4 is 21.3 Å². The average molecular weight is 1200 g/mol. The zero-order valence-corrected chi connectivity index (χ0v) is 56.2. The van der Waals surface area contributed by atoms with Gasteiger partial charge < -0.3 is 60.7 Å². The van der Waals surface area contributed by atoms with Crippen LogP contribution in [-0.4, -0.2) is 226 Å². The Kier molecular flexibility index (Phi) is 31.0. The number of allylic oxidation sites excluding steroid dienone is 2. The minimum absolute atomic E-state index is 0.0143. The lowest BCUT2D eigenvalue weighted by Gasteiger charge is -2.41. The molecule has 23 heteroatoms. The van der Waals surface area contributed by atoms with Gasteiger partial charge in [-0.25, -0.2) is 0 Å². The summed E-state index contributed by atoms with van der Waals surface area (Å²) in [6, 6.07) is -13.6. The van der Waals surface area contributed by atoms with Crippen molar-refractivity contribution in [3.63, 3.8) is 0 Å². The fraction of sp³-hybridized carbons (Fsp3) is 0.790. The maximum atomic E-state index is 15.2. The molecule has 0 aromatic heterocycles. The number of aliphatic hydroxyl groups is 1. The first-order valence-corrected chi connectivity index (χ1v) is 30.5. The summed E-state index contributed by atoms with van der Waals surface area (Å²) in [5, 5.41) is 23.1. The van der Waals surface area contributed by atoms with E-state index in [2.05, 4.69) is 21.3 Å². The van der Waals surface area contributed by atoms with Gasteiger partial charge in [0.05, 0.1) is 6.10 Å². The van der Waals surface area contributed by atoms with Crippen molar-refractivity contribution in [1.29, 1.82) is 0 Å². The van der Waals surface area contributed by atoms with E-state index >= 15 is 9.59 Å². The zero-order chi connectivity index (χ0) is 66.1. The third kappa shape index (κ3) is 20.5. The van der Waals surface area contributed by atoms with Crippen LogP contribution >= 0.6 is 0 Å². The highest BCUT2D eigenvalue weighted by molar-refractivity contribution is 6.00. The largest absolute Gasteiger partial charge is 0.390 e. The Balaban J connectivity index is 4.35. The van der Waals surface area contributed by atoms with Gasteiger partial charge in [0.2, 0.25) is 65.0 Å². The maximum Gasteiger partial charge on any atom is 0.246 e. The van der Waals surface area contributed by atoms with E-state index in [1.807, 2.05) is 41.5 Å². The summed E-state index contributed by atoms with van der Waals surface area (Å²) in [5.41, 5.74) is 0. The molecule has 1 rings (SSSR count). The van der Waals surface area contributed by atoms with Crippen LogP contribution in [0.2, 0.25) is 0 Å². The van der Waals surface area contributed by atoms with Crippen molar-refractivity contribution in [2.45, 2.75) is 229 Å². The molecule has 85 heavy (non-hydrogen) atoms. The van der Waals surface area contributed by atoms with Gasteiger partial charge in [-0.05, 0) is 101 Å². The monoisotopic (exact) mass is 1200 g/mol. The number of nitrogens with one attached hydrogen (secondary N) is 4. The number of likely N-dealkylation sites (N-methyl/N-ethyl adjacent to an activating group) is 7. The first kappa shape index (κ1) is 76.9. The third-order valence-corrected chi connectivity index (χ3v) is 16.4. The predicted octanol–water partition coefficient (Wildman–Crippen LogP) is 3.27. The van der Waals surface area contributed by atoms with Crippen molar-refractivity contribution in [3.8, 4) is 0 Å². The molecule has 11 amide bonds. The highest BCUT2D eigenvalue weighted by atomic mass is 16.3. The number of rotatable bonds is 14. The van der Waals surface area contributed by atoms with Gasteiger partial charge in [-0.15, -0.1) is 0 Å². The van der Waals surface area contributed by atoms with Crippen LogP contribution in [0.3, 0.4) is 0 Å². The molecular weight excluding hydrogens is 1090 g/mol. The van der Waals surface area contributed by atoms with Gasteiger partial charge in [0.25, 0.3) is 0 Å². The van der Waals surface area contributed by atoms with Crippen molar-refractivity contribution in [2.24, 2.45) is 41.4 Å². The third-order valence-electron chi connectivity index (χ3n) is 16.4. The Morgan fingerprint density at radius 3 is 1.28 bits per heavy atom. The van der Waals surface area contributed by atoms with Gasteiger partial charge in [0.1, 0.15) is 66.5 Å². The molecule has 0 spiro atoms. The molecule has 1 heterocycles. The first-order valence-electron chi connectivity index (χ1n) is 30.5. The molecule has 0 aromatic rings. The molecule has 1 aliphatic heterocycles. The van der Waals surface area contributed by atoms with Gasteiger partial charge in [-0.1, -0.05) is 109 Å². The Morgan fingerprint density at radius 2 is 0.835 bits per heavy atom. The maximum absolute atomic E-state index is 15.2. The molecular formula is C62H111N11O12. The lowest BCUT2D eigenvalue weighted by molar-refractivity contribution is -0.157. The zero-order valence-electron chi connectivity index (χ0n) is 56.2. The second-order valence-electron chi connectivity index (χ2n) is 26.0. The van der Waals surface area contributed by atoms with Crippen LogP contribution in [0.5, 0.6) is 0 Å². The normalized spacial score (nSPS) is 27.8. The van der Waals surface area contributed by atoms with Gasteiger partial charge >= 0.3 is 0 Å². The number of carbonyl (C=O) groups is 11. The topological polar surface area (TPSA) is 279 Å². The summed E-state index contributed by atoms with van der Waals surface area (Å²) >= 11 is 0. The summed E-state index contributed by atoms with van der Waals surface area (Å²) in [7, 11) is 9.91.